The maximum absolute atomic E-state index is 15.0. The molecule has 0 aliphatic carbocycles. The molecule has 7 nitrogen and oxygen atoms in total. The van der Waals surface area contributed by atoms with Crippen LogP contribution in [0.4, 0.5) is 23.2 Å². The second-order valence-corrected chi connectivity index (χ2v) is 9.24. The number of ether oxygens (including phenoxy) is 1. The third-order valence-electron chi connectivity index (χ3n) is 4.45. The summed E-state index contributed by atoms with van der Waals surface area (Å²) in [5, 5.41) is 18.9. The van der Waals surface area contributed by atoms with Crippen LogP contribution in [0.1, 0.15) is 40.5 Å². The Morgan fingerprint density at radius 2 is 1.97 bits per heavy atom. The number of thiazole rings is 1. The molecule has 0 aliphatic heterocycles. The summed E-state index contributed by atoms with van der Waals surface area (Å²) >= 11 is 6.93. The van der Waals surface area contributed by atoms with Crippen molar-refractivity contribution in [3.8, 4) is 16.3 Å². The van der Waals surface area contributed by atoms with Crippen molar-refractivity contribution in [2.24, 2.45) is 0 Å². The van der Waals surface area contributed by atoms with Crippen molar-refractivity contribution in [2.45, 2.75) is 39.5 Å². The largest absolute Gasteiger partial charge is 0.483 e. The molecule has 0 bridgehead atoms. The Bertz CT molecular complexity index is 1180. The summed E-state index contributed by atoms with van der Waals surface area (Å²) in [5.74, 6) is -2.36. The van der Waals surface area contributed by atoms with Gasteiger partial charge in [-0.05, 0) is 39.8 Å². The van der Waals surface area contributed by atoms with Gasteiger partial charge in [0.25, 0.3) is 5.91 Å². The summed E-state index contributed by atoms with van der Waals surface area (Å²) < 4.78 is 58.3. The summed E-state index contributed by atoms with van der Waals surface area (Å²) in [4.78, 5) is 17.6. The number of anilines is 1. The number of hydrogen-bond donors (Lipinski definition) is 3. The first-order chi connectivity index (χ1) is 15.2. The third-order valence-corrected chi connectivity index (χ3v) is 5.73. The topological polar surface area (TPSA) is 100 Å². The molecule has 0 atom stereocenters. The molecular weight excluding hydrogens is 488 g/mol. The summed E-state index contributed by atoms with van der Waals surface area (Å²) in [6.07, 6.45) is -4.70. The van der Waals surface area contributed by atoms with Gasteiger partial charge in [0.1, 0.15) is 27.9 Å². The molecule has 178 valence electrons. The predicted molar refractivity (Wildman–Crippen MR) is 115 cm³/mol. The lowest BCUT2D eigenvalue weighted by Gasteiger charge is -2.15. The molecule has 3 aromatic rings. The Hall–Kier alpha value is -2.70. The number of amides is 1. The molecule has 0 aliphatic rings. The number of halogens is 5. The number of aromatic amines is 1. The van der Waals surface area contributed by atoms with E-state index in [9.17, 15) is 23.1 Å². The number of aliphatic hydroxyl groups is 1. The molecule has 33 heavy (non-hydrogen) atoms. The zero-order chi connectivity index (χ0) is 24.7. The van der Waals surface area contributed by atoms with Gasteiger partial charge in [0.05, 0.1) is 17.0 Å². The van der Waals surface area contributed by atoms with Crippen LogP contribution < -0.4 is 10.1 Å². The molecule has 3 rings (SSSR count). The lowest BCUT2D eigenvalue weighted by atomic mass is 10.0. The Kier molecular flexibility index (Phi) is 6.74. The van der Waals surface area contributed by atoms with Crippen LogP contribution in [0.5, 0.6) is 5.75 Å². The van der Waals surface area contributed by atoms with E-state index >= 15 is 4.39 Å². The minimum Gasteiger partial charge on any atom is -0.483 e. The van der Waals surface area contributed by atoms with Crippen molar-refractivity contribution in [1.29, 1.82) is 0 Å². The average molecular weight is 507 g/mol. The van der Waals surface area contributed by atoms with Crippen molar-refractivity contribution in [3.05, 3.63) is 44.9 Å². The van der Waals surface area contributed by atoms with Gasteiger partial charge in [-0.3, -0.25) is 9.89 Å². The normalized spacial score (nSPS) is 12.2. The van der Waals surface area contributed by atoms with E-state index in [0.29, 0.717) is 16.3 Å². The average Bonchev–Trinajstić information content (AvgIpc) is 3.23. The van der Waals surface area contributed by atoms with Crippen LogP contribution in [0.2, 0.25) is 5.15 Å². The number of carbonyl (C=O) groups excluding carboxylic acids is 1. The van der Waals surface area contributed by atoms with Crippen molar-refractivity contribution >= 4 is 34.5 Å². The van der Waals surface area contributed by atoms with Crippen LogP contribution in [0.25, 0.3) is 10.6 Å². The molecule has 13 heteroatoms. The number of hydrogen-bond acceptors (Lipinski definition) is 6. The standard InChI is InChI=1S/C20H19ClF4N4O3S/c1-8-14(16(21)29-28-8)26-17(30)11-5-12(22)10(6-13(11)32-7-20(23,24)25)18-27-15(9(2)33-18)19(3,4)31/h5-6,31H,7H2,1-4H3,(H,26,30)(H,28,29). The fourth-order valence-corrected chi connectivity index (χ4v) is 4.30. The fourth-order valence-electron chi connectivity index (χ4n) is 2.98. The minimum absolute atomic E-state index is 0.0758. The van der Waals surface area contributed by atoms with Crippen LogP contribution in [-0.4, -0.2) is 39.0 Å². The van der Waals surface area contributed by atoms with Gasteiger partial charge in [0, 0.05) is 10.4 Å². The van der Waals surface area contributed by atoms with Crippen LogP contribution in [0.15, 0.2) is 12.1 Å². The molecule has 0 fully saturated rings. The first-order valence-electron chi connectivity index (χ1n) is 9.43. The van der Waals surface area contributed by atoms with Gasteiger partial charge in [0.2, 0.25) is 0 Å². The second-order valence-electron chi connectivity index (χ2n) is 7.68. The van der Waals surface area contributed by atoms with Gasteiger partial charge in [-0.25, -0.2) is 9.37 Å². The highest BCUT2D eigenvalue weighted by Gasteiger charge is 2.31. The van der Waals surface area contributed by atoms with Crippen LogP contribution in [-0.2, 0) is 5.60 Å². The third kappa shape index (κ3) is 5.63. The van der Waals surface area contributed by atoms with Crippen LogP contribution in [0, 0.1) is 19.7 Å². The van der Waals surface area contributed by atoms with Gasteiger partial charge in [-0.2, -0.15) is 18.3 Å². The fraction of sp³-hybridized carbons (Fsp3) is 0.350. The van der Waals surface area contributed by atoms with E-state index in [2.05, 4.69) is 20.5 Å². The van der Waals surface area contributed by atoms with E-state index < -0.39 is 41.4 Å². The van der Waals surface area contributed by atoms with Gasteiger partial charge >= 0.3 is 6.18 Å². The smallest absolute Gasteiger partial charge is 0.422 e. The number of rotatable bonds is 6. The lowest BCUT2D eigenvalue weighted by molar-refractivity contribution is -0.153. The number of carbonyl (C=O) groups is 1. The highest BCUT2D eigenvalue weighted by Crippen LogP contribution is 2.37. The molecule has 1 aromatic carbocycles. The van der Waals surface area contributed by atoms with Crippen LogP contribution >= 0.6 is 22.9 Å². The monoisotopic (exact) mass is 506 g/mol. The Labute approximate surface area is 194 Å². The maximum Gasteiger partial charge on any atom is 0.422 e. The number of aromatic nitrogens is 3. The minimum atomic E-state index is -4.70. The molecule has 3 N–H and O–H groups in total. The summed E-state index contributed by atoms with van der Waals surface area (Å²) in [5.41, 5.74) is -1.18. The first-order valence-corrected chi connectivity index (χ1v) is 10.6. The molecular formula is C20H19ClF4N4O3S. The van der Waals surface area contributed by atoms with Crippen molar-refractivity contribution in [1.82, 2.24) is 15.2 Å². The van der Waals surface area contributed by atoms with E-state index in [1.54, 1.807) is 13.8 Å². The van der Waals surface area contributed by atoms with Crippen molar-refractivity contribution < 1.29 is 32.2 Å². The Morgan fingerprint density at radius 3 is 2.48 bits per heavy atom. The molecule has 2 heterocycles. The summed E-state index contributed by atoms with van der Waals surface area (Å²) in [6, 6.07) is 1.74. The van der Waals surface area contributed by atoms with Crippen molar-refractivity contribution in [2.75, 3.05) is 11.9 Å². The zero-order valence-corrected chi connectivity index (χ0v) is 19.4. The predicted octanol–water partition coefficient (Wildman–Crippen LogP) is 5.36. The van der Waals surface area contributed by atoms with Crippen molar-refractivity contribution in [3.63, 3.8) is 0 Å². The van der Waals surface area contributed by atoms with Gasteiger partial charge in [-0.15, -0.1) is 11.3 Å². The number of benzene rings is 1. The highest BCUT2D eigenvalue weighted by atomic mass is 35.5. The number of H-pyrrole nitrogens is 1. The molecule has 0 saturated carbocycles. The Morgan fingerprint density at radius 1 is 1.30 bits per heavy atom. The van der Waals surface area contributed by atoms with E-state index in [4.69, 9.17) is 16.3 Å². The molecule has 0 radical (unpaired) electrons. The highest BCUT2D eigenvalue weighted by molar-refractivity contribution is 7.15. The van der Waals surface area contributed by atoms with Gasteiger partial charge < -0.3 is 15.2 Å². The van der Waals surface area contributed by atoms with Gasteiger partial charge in [-0.1, -0.05) is 11.6 Å². The van der Waals surface area contributed by atoms with Gasteiger partial charge in [0.15, 0.2) is 11.8 Å². The summed E-state index contributed by atoms with van der Waals surface area (Å²) in [7, 11) is 0. The van der Waals surface area contributed by atoms with E-state index in [1.165, 1.54) is 13.8 Å². The SMILES string of the molecule is Cc1[nH]nc(Cl)c1NC(=O)c1cc(F)c(-c2nc(C(C)(C)O)c(C)s2)cc1OCC(F)(F)F. The van der Waals surface area contributed by atoms with E-state index in [-0.39, 0.29) is 21.4 Å². The number of nitrogens with one attached hydrogen (secondary N) is 2. The molecule has 2 aromatic heterocycles. The maximum atomic E-state index is 15.0. The first kappa shape index (κ1) is 24.9. The lowest BCUT2D eigenvalue weighted by Crippen LogP contribution is -2.21. The molecule has 0 saturated heterocycles. The van der Waals surface area contributed by atoms with E-state index in [1.807, 2.05) is 0 Å². The second kappa shape index (κ2) is 8.92. The number of aryl methyl sites for hydroxylation is 2. The molecule has 1 amide bonds. The number of nitrogens with zero attached hydrogens (tertiary/aromatic N) is 2. The molecule has 0 unspecified atom stereocenters. The Balaban J connectivity index is 2.07. The zero-order valence-electron chi connectivity index (χ0n) is 17.8. The summed E-state index contributed by atoms with van der Waals surface area (Å²) in [6.45, 7) is 4.54. The molecule has 0 spiro atoms. The quantitative estimate of drug-likeness (QED) is 0.391. The van der Waals surface area contributed by atoms with E-state index in [0.717, 1.165) is 23.5 Å². The number of alkyl halides is 3. The van der Waals surface area contributed by atoms with Crippen LogP contribution in [0.3, 0.4) is 0 Å².